The molecule has 3 nitrogen and oxygen atoms in total. The van der Waals surface area contributed by atoms with E-state index in [0.717, 1.165) is 19.5 Å². The number of hydrogen-bond donors (Lipinski definition) is 1. The molecule has 0 radical (unpaired) electrons. The summed E-state index contributed by atoms with van der Waals surface area (Å²) in [6.45, 7) is 10.0. The number of hydrogen-bond acceptors (Lipinski definition) is 1. The Bertz CT molecular complexity index is 347. The second-order valence-corrected chi connectivity index (χ2v) is 5.05. The number of carbonyl (C=O) groups is 1. The van der Waals surface area contributed by atoms with E-state index in [-0.39, 0.29) is 5.91 Å². The van der Waals surface area contributed by atoms with Crippen LogP contribution in [-0.2, 0) is 11.3 Å². The number of aryl methyl sites for hydroxylation is 2. The van der Waals surface area contributed by atoms with Gasteiger partial charge in [0.25, 0.3) is 0 Å². The van der Waals surface area contributed by atoms with Gasteiger partial charge in [-0.25, -0.2) is 0 Å². The Morgan fingerprint density at radius 3 is 2.41 bits per heavy atom. The van der Waals surface area contributed by atoms with E-state index in [1.807, 2.05) is 0 Å². The summed E-state index contributed by atoms with van der Waals surface area (Å²) in [5, 5.41) is 2.96. The molecule has 0 fully saturated rings. The lowest BCUT2D eigenvalue weighted by atomic mass is 10.1. The van der Waals surface area contributed by atoms with Crippen molar-refractivity contribution in [2.45, 2.75) is 47.1 Å². The minimum Gasteiger partial charge on any atom is -0.356 e. The second-order valence-electron chi connectivity index (χ2n) is 5.05. The minimum atomic E-state index is 0.151. The van der Waals surface area contributed by atoms with Crippen LogP contribution in [0.25, 0.3) is 0 Å². The molecule has 0 aromatic carbocycles. The summed E-state index contributed by atoms with van der Waals surface area (Å²) in [6, 6.07) is 4.18. The lowest BCUT2D eigenvalue weighted by Crippen LogP contribution is -2.26. The molecule has 0 saturated carbocycles. The molecule has 1 amide bonds. The summed E-state index contributed by atoms with van der Waals surface area (Å²) in [4.78, 5) is 11.6. The lowest BCUT2D eigenvalue weighted by molar-refractivity contribution is -0.121. The molecule has 0 saturated heterocycles. The average Bonchev–Trinajstić information content (AvgIpc) is 2.55. The number of nitrogens with zero attached hydrogens (tertiary/aromatic N) is 1. The van der Waals surface area contributed by atoms with E-state index in [4.69, 9.17) is 0 Å². The van der Waals surface area contributed by atoms with Gasteiger partial charge in [0.1, 0.15) is 0 Å². The Hall–Kier alpha value is -1.25. The monoisotopic (exact) mass is 236 g/mol. The Balaban J connectivity index is 2.29. The van der Waals surface area contributed by atoms with E-state index in [1.165, 1.54) is 11.4 Å². The molecule has 3 heteroatoms. The molecule has 0 bridgehead atoms. The van der Waals surface area contributed by atoms with Crippen molar-refractivity contribution in [2.75, 3.05) is 6.54 Å². The molecule has 1 rings (SSSR count). The molecule has 0 aliphatic heterocycles. The van der Waals surface area contributed by atoms with E-state index in [2.05, 4.69) is 49.7 Å². The Kier molecular flexibility index (Phi) is 5.26. The summed E-state index contributed by atoms with van der Waals surface area (Å²) in [5.41, 5.74) is 2.44. The van der Waals surface area contributed by atoms with Crippen molar-refractivity contribution in [3.8, 4) is 0 Å². The third-order valence-corrected chi connectivity index (χ3v) is 3.02. The molecular weight excluding hydrogens is 212 g/mol. The molecule has 1 N–H and O–H groups in total. The zero-order valence-corrected chi connectivity index (χ0v) is 11.4. The van der Waals surface area contributed by atoms with Gasteiger partial charge in [0.05, 0.1) is 0 Å². The van der Waals surface area contributed by atoms with Crippen molar-refractivity contribution in [3.05, 3.63) is 23.5 Å². The van der Waals surface area contributed by atoms with Crippen molar-refractivity contribution < 1.29 is 4.79 Å². The Morgan fingerprint density at radius 2 is 1.88 bits per heavy atom. The molecule has 0 atom stereocenters. The molecule has 0 aliphatic rings. The van der Waals surface area contributed by atoms with E-state index >= 15 is 0 Å². The molecule has 0 unspecified atom stereocenters. The van der Waals surface area contributed by atoms with Gasteiger partial charge in [-0.3, -0.25) is 4.79 Å². The molecule has 1 aromatic heterocycles. The first-order chi connectivity index (χ1) is 8.00. The molecule has 96 valence electrons. The van der Waals surface area contributed by atoms with Gasteiger partial charge in [-0.2, -0.15) is 0 Å². The van der Waals surface area contributed by atoms with Crippen molar-refractivity contribution in [2.24, 2.45) is 5.92 Å². The van der Waals surface area contributed by atoms with Crippen LogP contribution in [0.1, 0.15) is 38.1 Å². The predicted octanol–water partition coefficient (Wildman–Crippen LogP) is 2.66. The Labute approximate surface area is 104 Å². The van der Waals surface area contributed by atoms with Crippen molar-refractivity contribution in [1.82, 2.24) is 9.88 Å². The number of amides is 1. The first-order valence-corrected chi connectivity index (χ1v) is 6.40. The quantitative estimate of drug-likeness (QED) is 0.809. The van der Waals surface area contributed by atoms with Crippen LogP contribution in [0, 0.1) is 19.8 Å². The van der Waals surface area contributed by atoms with Crippen LogP contribution in [0.2, 0.25) is 0 Å². The van der Waals surface area contributed by atoms with Crippen LogP contribution < -0.4 is 5.32 Å². The van der Waals surface area contributed by atoms with Gasteiger partial charge in [0, 0.05) is 30.9 Å². The first-order valence-electron chi connectivity index (χ1n) is 6.40. The van der Waals surface area contributed by atoms with Crippen LogP contribution in [0.15, 0.2) is 12.1 Å². The van der Waals surface area contributed by atoms with E-state index in [0.29, 0.717) is 12.3 Å². The molecule has 1 heterocycles. The topological polar surface area (TPSA) is 34.0 Å². The maximum atomic E-state index is 11.6. The average molecular weight is 236 g/mol. The number of nitrogens with one attached hydrogen (secondary N) is 1. The number of rotatable bonds is 6. The molecule has 0 spiro atoms. The van der Waals surface area contributed by atoms with E-state index in [9.17, 15) is 4.79 Å². The van der Waals surface area contributed by atoms with Gasteiger partial charge in [-0.15, -0.1) is 0 Å². The number of carbonyl (C=O) groups excluding carboxylic acids is 1. The maximum Gasteiger partial charge on any atom is 0.221 e. The summed E-state index contributed by atoms with van der Waals surface area (Å²) in [5.74, 6) is 0.794. The van der Waals surface area contributed by atoms with Crippen LogP contribution >= 0.6 is 0 Å². The van der Waals surface area contributed by atoms with Crippen molar-refractivity contribution in [3.63, 3.8) is 0 Å². The second kappa shape index (κ2) is 6.48. The molecule has 0 aliphatic carbocycles. The van der Waals surface area contributed by atoms with Crippen LogP contribution in [0.3, 0.4) is 0 Å². The minimum absolute atomic E-state index is 0.151. The largest absolute Gasteiger partial charge is 0.356 e. The summed E-state index contributed by atoms with van der Waals surface area (Å²) in [7, 11) is 0. The molecular formula is C14H24N2O. The molecule has 17 heavy (non-hydrogen) atoms. The molecule has 1 aromatic rings. The third-order valence-electron chi connectivity index (χ3n) is 3.02. The highest BCUT2D eigenvalue weighted by Crippen LogP contribution is 2.07. The highest BCUT2D eigenvalue weighted by molar-refractivity contribution is 5.75. The van der Waals surface area contributed by atoms with E-state index in [1.54, 1.807) is 0 Å². The van der Waals surface area contributed by atoms with Gasteiger partial charge in [0.15, 0.2) is 0 Å². The maximum absolute atomic E-state index is 11.6. The SMILES string of the molecule is Cc1ccc(C)n1CCC(=O)NCCC(C)C. The van der Waals surface area contributed by atoms with Crippen molar-refractivity contribution >= 4 is 5.91 Å². The van der Waals surface area contributed by atoms with Crippen molar-refractivity contribution in [1.29, 1.82) is 0 Å². The fourth-order valence-electron chi connectivity index (χ4n) is 1.85. The number of aromatic nitrogens is 1. The normalized spacial score (nSPS) is 10.9. The van der Waals surface area contributed by atoms with Gasteiger partial charge in [-0.1, -0.05) is 13.8 Å². The fourth-order valence-corrected chi connectivity index (χ4v) is 1.85. The highest BCUT2D eigenvalue weighted by atomic mass is 16.1. The van der Waals surface area contributed by atoms with Crippen LogP contribution in [-0.4, -0.2) is 17.0 Å². The third kappa shape index (κ3) is 4.63. The van der Waals surface area contributed by atoms with Gasteiger partial charge < -0.3 is 9.88 Å². The van der Waals surface area contributed by atoms with E-state index < -0.39 is 0 Å². The van der Waals surface area contributed by atoms with Crippen LogP contribution in [0.5, 0.6) is 0 Å². The van der Waals surface area contributed by atoms with Gasteiger partial charge in [0.2, 0.25) is 5.91 Å². The predicted molar refractivity (Wildman–Crippen MR) is 71.0 cm³/mol. The Morgan fingerprint density at radius 1 is 1.29 bits per heavy atom. The first kappa shape index (κ1) is 13.8. The summed E-state index contributed by atoms with van der Waals surface area (Å²) in [6.07, 6.45) is 1.61. The van der Waals surface area contributed by atoms with Gasteiger partial charge in [-0.05, 0) is 38.3 Å². The zero-order valence-electron chi connectivity index (χ0n) is 11.4. The zero-order chi connectivity index (χ0) is 12.8. The summed E-state index contributed by atoms with van der Waals surface area (Å²) >= 11 is 0. The highest BCUT2D eigenvalue weighted by Gasteiger charge is 2.05. The smallest absolute Gasteiger partial charge is 0.221 e. The fraction of sp³-hybridized carbons (Fsp3) is 0.643. The lowest BCUT2D eigenvalue weighted by Gasteiger charge is -2.10. The summed E-state index contributed by atoms with van der Waals surface area (Å²) < 4.78 is 2.18. The van der Waals surface area contributed by atoms with Gasteiger partial charge >= 0.3 is 0 Å². The van der Waals surface area contributed by atoms with Crippen LogP contribution in [0.4, 0.5) is 0 Å². The standard InChI is InChI=1S/C14H24N2O/c1-11(2)7-9-15-14(17)8-10-16-12(3)5-6-13(16)4/h5-6,11H,7-10H2,1-4H3,(H,15,17).